The molecule has 0 saturated carbocycles. The van der Waals surface area contributed by atoms with Gasteiger partial charge in [-0.05, 0) is 201 Å². The van der Waals surface area contributed by atoms with Gasteiger partial charge in [0, 0.05) is 33.4 Å². The summed E-state index contributed by atoms with van der Waals surface area (Å²) in [5.74, 6) is 0. The van der Waals surface area contributed by atoms with Crippen molar-refractivity contribution >= 4 is 67.8 Å². The van der Waals surface area contributed by atoms with Crippen molar-refractivity contribution in [3.63, 3.8) is 0 Å². The highest BCUT2D eigenvalue weighted by molar-refractivity contribution is 6.16. The van der Waals surface area contributed by atoms with E-state index in [0.29, 0.717) is 0 Å². The number of hydrogen-bond acceptors (Lipinski definition) is 2. The summed E-state index contributed by atoms with van der Waals surface area (Å²) < 4.78 is 0. The Hall–Kier alpha value is -5.60. The molecular formula is C51H50N2. The summed E-state index contributed by atoms with van der Waals surface area (Å²) in [6.45, 7) is 17.7. The van der Waals surface area contributed by atoms with E-state index in [1.807, 2.05) is 0 Å². The van der Waals surface area contributed by atoms with Crippen LogP contribution in [-0.2, 0) is 0 Å². The van der Waals surface area contributed by atoms with Gasteiger partial charge in [-0.15, -0.1) is 0 Å². The quantitative estimate of drug-likeness (QED) is 0.160. The highest BCUT2D eigenvalue weighted by Gasteiger charge is 2.22. The predicted octanol–water partition coefficient (Wildman–Crippen LogP) is 13.1. The summed E-state index contributed by atoms with van der Waals surface area (Å²) in [5.41, 5.74) is 17.6. The van der Waals surface area contributed by atoms with E-state index in [-0.39, 0.29) is 0 Å². The maximum Gasteiger partial charge on any atom is 0.0546 e. The third kappa shape index (κ3) is 6.21. The third-order valence-corrected chi connectivity index (χ3v) is 11.8. The Labute approximate surface area is 315 Å². The molecule has 0 bridgehead atoms. The van der Waals surface area contributed by atoms with Crippen LogP contribution in [0.3, 0.4) is 0 Å². The average Bonchev–Trinajstić information content (AvgIpc) is 3.41. The largest absolute Gasteiger partial charge is 0.310 e. The minimum atomic E-state index is 1.05. The van der Waals surface area contributed by atoms with Gasteiger partial charge in [0.15, 0.2) is 0 Å². The van der Waals surface area contributed by atoms with E-state index in [2.05, 4.69) is 187 Å². The Morgan fingerprint density at radius 3 is 1.19 bits per heavy atom. The molecule has 8 rings (SSSR count). The van der Waals surface area contributed by atoms with Gasteiger partial charge in [0.25, 0.3) is 0 Å². The van der Waals surface area contributed by atoms with Crippen LogP contribution in [-0.4, -0.2) is 0 Å². The van der Waals surface area contributed by atoms with Crippen LogP contribution in [0.2, 0.25) is 0 Å². The third-order valence-electron chi connectivity index (χ3n) is 11.8. The van der Waals surface area contributed by atoms with Crippen molar-refractivity contribution in [2.75, 3.05) is 9.80 Å². The first kappa shape index (κ1) is 34.5. The lowest BCUT2D eigenvalue weighted by Gasteiger charge is -2.30. The van der Waals surface area contributed by atoms with Gasteiger partial charge in [0.05, 0.1) is 11.4 Å². The predicted molar refractivity (Wildman–Crippen MR) is 231 cm³/mol. The summed E-state index contributed by atoms with van der Waals surface area (Å²) in [7, 11) is 0. The molecule has 0 spiro atoms. The van der Waals surface area contributed by atoms with Crippen molar-refractivity contribution in [2.24, 2.45) is 0 Å². The number of anilines is 6. The molecule has 0 N–H and O–H groups in total. The topological polar surface area (TPSA) is 6.48 Å². The lowest BCUT2D eigenvalue weighted by atomic mass is 9.94. The van der Waals surface area contributed by atoms with Crippen LogP contribution < -0.4 is 20.2 Å². The maximum absolute atomic E-state index is 2.51. The van der Waals surface area contributed by atoms with E-state index in [0.717, 1.165) is 19.3 Å². The number of nitrogens with zero attached hydrogens (tertiary/aromatic N) is 2. The smallest absolute Gasteiger partial charge is 0.0546 e. The molecule has 2 nitrogen and oxygen atoms in total. The molecule has 0 heterocycles. The van der Waals surface area contributed by atoms with Crippen LogP contribution in [0.15, 0.2) is 109 Å². The van der Waals surface area contributed by atoms with Crippen LogP contribution >= 0.6 is 0 Å². The molecular weight excluding hydrogens is 641 g/mol. The number of aryl methyl sites for hydroxylation is 8. The first-order valence-electron chi connectivity index (χ1n) is 19.2. The van der Waals surface area contributed by atoms with Crippen molar-refractivity contribution < 1.29 is 0 Å². The Morgan fingerprint density at radius 1 is 0.340 bits per heavy atom. The SMILES string of the molecule is Cc1ccc(N(c2ccc(C)c(C)c2)c2cc3c(cc(N(c4ccc(C)c(C)c4)c4ccc(C)c(C)c4)c4ccccc43)c3c2=CCCCC=3)cc1C. The number of fused-ring (bicyclic) bond motifs is 5. The number of rotatable bonds is 6. The van der Waals surface area contributed by atoms with Gasteiger partial charge < -0.3 is 9.80 Å². The molecule has 0 atom stereocenters. The molecule has 7 aromatic rings. The Kier molecular flexibility index (Phi) is 8.95. The van der Waals surface area contributed by atoms with Crippen molar-refractivity contribution in [2.45, 2.75) is 74.7 Å². The summed E-state index contributed by atoms with van der Waals surface area (Å²) >= 11 is 0. The normalized spacial score (nSPS) is 12.6. The van der Waals surface area contributed by atoms with Crippen molar-refractivity contribution in [3.8, 4) is 0 Å². The zero-order chi connectivity index (χ0) is 37.0. The van der Waals surface area contributed by atoms with Gasteiger partial charge in [-0.3, -0.25) is 0 Å². The molecule has 0 aliphatic heterocycles. The molecule has 2 heteroatoms. The van der Waals surface area contributed by atoms with E-state index in [1.165, 1.54) is 111 Å². The molecule has 53 heavy (non-hydrogen) atoms. The molecule has 0 amide bonds. The molecule has 1 aliphatic carbocycles. The van der Waals surface area contributed by atoms with Crippen molar-refractivity contribution in [1.29, 1.82) is 0 Å². The van der Waals surface area contributed by atoms with Crippen molar-refractivity contribution in [1.82, 2.24) is 0 Å². The van der Waals surface area contributed by atoms with Gasteiger partial charge in [0.1, 0.15) is 0 Å². The van der Waals surface area contributed by atoms with Gasteiger partial charge in [-0.25, -0.2) is 0 Å². The van der Waals surface area contributed by atoms with Crippen LogP contribution in [0.1, 0.15) is 63.8 Å². The van der Waals surface area contributed by atoms with E-state index >= 15 is 0 Å². The fraction of sp³-hybridized carbons (Fsp3) is 0.216. The Balaban J connectivity index is 1.49. The first-order valence-corrected chi connectivity index (χ1v) is 19.2. The van der Waals surface area contributed by atoms with Crippen LogP contribution in [0.4, 0.5) is 34.1 Å². The van der Waals surface area contributed by atoms with E-state index in [1.54, 1.807) is 0 Å². The molecule has 0 aromatic heterocycles. The molecule has 0 fully saturated rings. The first-order chi connectivity index (χ1) is 25.6. The molecule has 0 radical (unpaired) electrons. The lowest BCUT2D eigenvalue weighted by molar-refractivity contribution is 0.925. The highest BCUT2D eigenvalue weighted by atomic mass is 15.2. The van der Waals surface area contributed by atoms with Crippen LogP contribution in [0, 0.1) is 55.4 Å². The molecule has 0 unspecified atom stereocenters. The standard InChI is InChI=1S/C51H50N2/c1-32-18-22-40(26-36(32)5)52(41-23-19-33(2)37(6)27-41)50-31-49-45-15-12-13-17-47(45)51(30-48(49)44-14-10-9-11-16-46(44)50)53(42-24-20-34(3)38(7)28-42)43-25-21-35(4)39(8)29-43/h12-31H,9-11H2,1-8H3. The molecule has 264 valence electrons. The monoisotopic (exact) mass is 690 g/mol. The van der Waals surface area contributed by atoms with Crippen molar-refractivity contribution in [3.05, 3.63) is 164 Å². The second-order valence-corrected chi connectivity index (χ2v) is 15.3. The van der Waals surface area contributed by atoms with E-state index in [9.17, 15) is 0 Å². The maximum atomic E-state index is 2.51. The number of hydrogen-bond donors (Lipinski definition) is 0. The highest BCUT2D eigenvalue weighted by Crippen LogP contribution is 2.44. The lowest BCUT2D eigenvalue weighted by Crippen LogP contribution is -2.31. The zero-order valence-electron chi connectivity index (χ0n) is 32.6. The van der Waals surface area contributed by atoms with Gasteiger partial charge in [-0.1, -0.05) is 60.7 Å². The van der Waals surface area contributed by atoms with Gasteiger partial charge >= 0.3 is 0 Å². The van der Waals surface area contributed by atoms with Gasteiger partial charge in [0.2, 0.25) is 0 Å². The zero-order valence-corrected chi connectivity index (χ0v) is 32.6. The fourth-order valence-electron chi connectivity index (χ4n) is 7.98. The van der Waals surface area contributed by atoms with Crippen LogP contribution in [0.25, 0.3) is 33.7 Å². The molecule has 7 aromatic carbocycles. The van der Waals surface area contributed by atoms with E-state index < -0.39 is 0 Å². The van der Waals surface area contributed by atoms with Crippen LogP contribution in [0.5, 0.6) is 0 Å². The fourth-order valence-corrected chi connectivity index (χ4v) is 7.98. The summed E-state index contributed by atoms with van der Waals surface area (Å²) in [5, 5.41) is 7.73. The van der Waals surface area contributed by atoms with Gasteiger partial charge in [-0.2, -0.15) is 0 Å². The second kappa shape index (κ2) is 13.7. The summed E-state index contributed by atoms with van der Waals surface area (Å²) in [4.78, 5) is 4.99. The summed E-state index contributed by atoms with van der Waals surface area (Å²) in [6, 6.07) is 41.6. The Bertz CT molecular complexity index is 2590. The summed E-state index contributed by atoms with van der Waals surface area (Å²) in [6.07, 6.45) is 8.25. The van der Waals surface area contributed by atoms with E-state index in [4.69, 9.17) is 0 Å². The molecule has 0 saturated heterocycles. The molecule has 1 aliphatic rings. The minimum absolute atomic E-state index is 1.05. The minimum Gasteiger partial charge on any atom is -0.310 e. The number of benzene rings is 7. The second-order valence-electron chi connectivity index (χ2n) is 15.3. The Morgan fingerprint density at radius 2 is 0.736 bits per heavy atom. The average molecular weight is 691 g/mol.